The molecule has 5 heterocycles. The summed E-state index contributed by atoms with van der Waals surface area (Å²) in [5.74, 6) is 0.803. The van der Waals surface area contributed by atoms with Crippen molar-refractivity contribution >= 4 is 40.0 Å². The number of aromatic nitrogens is 5. The number of halogens is 1. The van der Waals surface area contributed by atoms with Crippen LogP contribution in [-0.2, 0) is 7.05 Å². The molecule has 1 N–H and O–H groups in total. The predicted molar refractivity (Wildman–Crippen MR) is 129 cm³/mol. The number of anilines is 2. The van der Waals surface area contributed by atoms with Crippen LogP contribution in [0.2, 0.25) is 5.02 Å². The molecule has 33 heavy (non-hydrogen) atoms. The van der Waals surface area contributed by atoms with Crippen molar-refractivity contribution in [3.63, 3.8) is 0 Å². The van der Waals surface area contributed by atoms with Crippen LogP contribution in [0.15, 0.2) is 49.1 Å². The van der Waals surface area contributed by atoms with Crippen molar-refractivity contribution in [3.05, 3.63) is 59.6 Å². The Balaban J connectivity index is 1.39. The number of piperazine rings is 1. The summed E-state index contributed by atoms with van der Waals surface area (Å²) in [6.45, 7) is 3.59. The second kappa shape index (κ2) is 8.76. The van der Waals surface area contributed by atoms with E-state index in [9.17, 15) is 4.79 Å². The van der Waals surface area contributed by atoms with E-state index in [1.165, 1.54) is 6.20 Å². The van der Waals surface area contributed by atoms with Gasteiger partial charge in [0.2, 0.25) is 0 Å². The third kappa shape index (κ3) is 4.50. The lowest BCUT2D eigenvalue weighted by Crippen LogP contribution is -2.44. The van der Waals surface area contributed by atoms with E-state index in [-0.39, 0.29) is 5.91 Å². The molecule has 0 unspecified atom stereocenters. The zero-order chi connectivity index (χ0) is 22.9. The van der Waals surface area contributed by atoms with E-state index in [4.69, 9.17) is 16.6 Å². The average molecular weight is 463 g/mol. The Morgan fingerprint density at radius 2 is 1.85 bits per heavy atom. The minimum absolute atomic E-state index is 0.295. The number of amides is 1. The number of carbonyl (C=O) groups excluding carboxylic acids is 1. The van der Waals surface area contributed by atoms with Crippen LogP contribution in [0.1, 0.15) is 10.4 Å². The summed E-state index contributed by atoms with van der Waals surface area (Å²) in [4.78, 5) is 30.9. The molecular formula is C23H23ClN8O. The van der Waals surface area contributed by atoms with Crippen LogP contribution < -0.4 is 10.2 Å². The summed E-state index contributed by atoms with van der Waals surface area (Å²) >= 11 is 6.31. The van der Waals surface area contributed by atoms with Gasteiger partial charge in [0.15, 0.2) is 0 Å². The van der Waals surface area contributed by atoms with Crippen molar-refractivity contribution in [1.29, 1.82) is 0 Å². The van der Waals surface area contributed by atoms with E-state index in [0.717, 1.165) is 54.2 Å². The summed E-state index contributed by atoms with van der Waals surface area (Å²) in [6, 6.07) is 7.37. The molecule has 0 radical (unpaired) electrons. The highest BCUT2D eigenvalue weighted by Crippen LogP contribution is 2.24. The lowest BCUT2D eigenvalue weighted by Gasteiger charge is -2.33. The molecule has 0 atom stereocenters. The number of carbonyl (C=O) groups is 1. The maximum atomic E-state index is 13.0. The number of aryl methyl sites for hydroxylation is 1. The Kier molecular flexibility index (Phi) is 5.65. The number of rotatable bonds is 4. The van der Waals surface area contributed by atoms with Crippen LogP contribution in [0.5, 0.6) is 0 Å². The van der Waals surface area contributed by atoms with E-state index >= 15 is 0 Å². The molecule has 0 aliphatic carbocycles. The van der Waals surface area contributed by atoms with Gasteiger partial charge >= 0.3 is 0 Å². The molecule has 0 saturated carbocycles. The predicted octanol–water partition coefficient (Wildman–Crippen LogP) is 3.08. The summed E-state index contributed by atoms with van der Waals surface area (Å²) < 4.78 is 1.73. The normalized spacial score (nSPS) is 14.6. The zero-order valence-corrected chi connectivity index (χ0v) is 19.1. The fourth-order valence-electron chi connectivity index (χ4n) is 3.79. The average Bonchev–Trinajstić information content (AvgIpc) is 3.26. The first kappa shape index (κ1) is 21.3. The maximum absolute atomic E-state index is 13.0. The third-order valence-corrected chi connectivity index (χ3v) is 6.03. The third-order valence-electron chi connectivity index (χ3n) is 5.73. The lowest BCUT2D eigenvalue weighted by atomic mass is 10.2. The van der Waals surface area contributed by atoms with E-state index in [0.29, 0.717) is 16.4 Å². The molecule has 4 aromatic rings. The second-order valence-corrected chi connectivity index (χ2v) is 8.54. The van der Waals surface area contributed by atoms with Crippen LogP contribution in [-0.4, -0.2) is 68.8 Å². The van der Waals surface area contributed by atoms with Gasteiger partial charge < -0.3 is 15.1 Å². The Bertz CT molecular complexity index is 1330. The molecule has 1 aliphatic rings. The maximum Gasteiger partial charge on any atom is 0.258 e. The highest BCUT2D eigenvalue weighted by atomic mass is 35.5. The molecule has 10 heteroatoms. The monoisotopic (exact) mass is 462 g/mol. The highest BCUT2D eigenvalue weighted by molar-refractivity contribution is 6.34. The zero-order valence-electron chi connectivity index (χ0n) is 18.4. The number of hydrogen-bond acceptors (Lipinski definition) is 7. The molecule has 4 aromatic heterocycles. The van der Waals surface area contributed by atoms with E-state index in [1.54, 1.807) is 29.2 Å². The van der Waals surface area contributed by atoms with Gasteiger partial charge in [-0.15, -0.1) is 0 Å². The van der Waals surface area contributed by atoms with Crippen LogP contribution >= 0.6 is 11.6 Å². The van der Waals surface area contributed by atoms with Gasteiger partial charge in [-0.25, -0.2) is 15.0 Å². The Labute approximate surface area is 196 Å². The summed E-state index contributed by atoms with van der Waals surface area (Å²) in [7, 11) is 3.96. The number of hydrogen-bond donors (Lipinski definition) is 1. The number of likely N-dealkylation sites (N-methyl/N-ethyl adjacent to an activating group) is 1. The number of nitrogens with one attached hydrogen (secondary N) is 1. The molecule has 0 aromatic carbocycles. The summed E-state index contributed by atoms with van der Waals surface area (Å²) in [5.41, 5.74) is 2.80. The SMILES string of the molecule is CN1CCN(c2cc(C(=O)Nc3cc4nc(-c5cnn(C)c5)ccc4cn3)c(Cl)cn2)CC1. The molecule has 0 spiro atoms. The quantitative estimate of drug-likeness (QED) is 0.498. The van der Waals surface area contributed by atoms with Gasteiger partial charge in [0, 0.05) is 68.8 Å². The number of pyridine rings is 3. The molecule has 9 nitrogen and oxygen atoms in total. The lowest BCUT2D eigenvalue weighted by molar-refractivity contribution is 0.102. The van der Waals surface area contributed by atoms with E-state index in [1.807, 2.05) is 25.4 Å². The van der Waals surface area contributed by atoms with Crippen LogP contribution in [0.4, 0.5) is 11.6 Å². The molecule has 1 amide bonds. The van der Waals surface area contributed by atoms with Gasteiger partial charge in [-0.2, -0.15) is 5.10 Å². The van der Waals surface area contributed by atoms with Gasteiger partial charge in [-0.05, 0) is 25.2 Å². The minimum Gasteiger partial charge on any atom is -0.354 e. The molecule has 5 rings (SSSR count). The molecular weight excluding hydrogens is 440 g/mol. The standard InChI is InChI=1S/C23H23ClN8O/c1-30-5-7-32(8-6-30)22-9-17(18(24)13-26-22)23(33)29-21-10-20-15(11-25-21)3-4-19(28-20)16-12-27-31(2)14-16/h3-4,9-14H,5-8H2,1-2H3,(H,25,29,33). The largest absolute Gasteiger partial charge is 0.354 e. The van der Waals surface area contributed by atoms with Gasteiger partial charge in [0.25, 0.3) is 5.91 Å². The minimum atomic E-state index is -0.340. The molecule has 1 fully saturated rings. The molecule has 1 saturated heterocycles. The fourth-order valence-corrected chi connectivity index (χ4v) is 3.98. The summed E-state index contributed by atoms with van der Waals surface area (Å²) in [6.07, 6.45) is 6.89. The second-order valence-electron chi connectivity index (χ2n) is 8.13. The van der Waals surface area contributed by atoms with Gasteiger partial charge in [-0.1, -0.05) is 11.6 Å². The van der Waals surface area contributed by atoms with Crippen molar-refractivity contribution in [3.8, 4) is 11.3 Å². The Hall–Kier alpha value is -3.56. The first-order valence-corrected chi connectivity index (χ1v) is 11.0. The van der Waals surface area contributed by atoms with Crippen molar-refractivity contribution in [2.45, 2.75) is 0 Å². The van der Waals surface area contributed by atoms with Crippen molar-refractivity contribution in [2.24, 2.45) is 7.05 Å². The van der Waals surface area contributed by atoms with E-state index in [2.05, 4.69) is 37.2 Å². The van der Waals surface area contributed by atoms with E-state index < -0.39 is 0 Å². The van der Waals surface area contributed by atoms with Crippen LogP contribution in [0.25, 0.3) is 22.2 Å². The van der Waals surface area contributed by atoms with Crippen molar-refractivity contribution in [1.82, 2.24) is 29.6 Å². The van der Waals surface area contributed by atoms with Gasteiger partial charge in [0.05, 0.1) is 28.0 Å². The number of nitrogens with zero attached hydrogens (tertiary/aromatic N) is 7. The van der Waals surface area contributed by atoms with Crippen molar-refractivity contribution in [2.75, 3.05) is 43.4 Å². The van der Waals surface area contributed by atoms with Gasteiger partial charge in [0.1, 0.15) is 11.6 Å². The fraction of sp³-hybridized carbons (Fsp3) is 0.261. The van der Waals surface area contributed by atoms with Gasteiger partial charge in [-0.3, -0.25) is 9.48 Å². The number of fused-ring (bicyclic) bond motifs is 1. The molecule has 168 valence electrons. The Morgan fingerprint density at radius 3 is 2.61 bits per heavy atom. The van der Waals surface area contributed by atoms with Crippen LogP contribution in [0.3, 0.4) is 0 Å². The molecule has 1 aliphatic heterocycles. The first-order valence-electron chi connectivity index (χ1n) is 10.6. The van der Waals surface area contributed by atoms with Crippen LogP contribution in [0, 0.1) is 0 Å². The first-order chi connectivity index (χ1) is 16.0. The summed E-state index contributed by atoms with van der Waals surface area (Å²) in [5, 5.41) is 8.22. The smallest absolute Gasteiger partial charge is 0.258 e. The topological polar surface area (TPSA) is 92.1 Å². The molecule has 0 bridgehead atoms. The van der Waals surface area contributed by atoms with Crippen molar-refractivity contribution < 1.29 is 4.79 Å². The highest BCUT2D eigenvalue weighted by Gasteiger charge is 2.19. The Morgan fingerprint density at radius 1 is 1.03 bits per heavy atom.